The van der Waals surface area contributed by atoms with Crippen molar-refractivity contribution in [3.8, 4) is 0 Å². The fourth-order valence-electron chi connectivity index (χ4n) is 0.755. The Balaban J connectivity index is 4.28. The first-order chi connectivity index (χ1) is 5.96. The fraction of sp³-hybridized carbons (Fsp3) is 0.875. The molecule has 0 fully saturated rings. The van der Waals surface area contributed by atoms with Crippen LogP contribution in [-0.4, -0.2) is 31.4 Å². The van der Waals surface area contributed by atoms with E-state index in [1.807, 2.05) is 0 Å². The van der Waals surface area contributed by atoms with Crippen LogP contribution in [0.5, 0.6) is 0 Å². The molecule has 0 aromatic rings. The van der Waals surface area contributed by atoms with Crippen LogP contribution in [0.1, 0.15) is 20.8 Å². The van der Waals surface area contributed by atoms with Crippen LogP contribution in [0.3, 0.4) is 0 Å². The molecule has 13 heavy (non-hydrogen) atoms. The lowest BCUT2D eigenvalue weighted by Crippen LogP contribution is -2.46. The van der Waals surface area contributed by atoms with E-state index in [2.05, 4.69) is 4.84 Å². The van der Waals surface area contributed by atoms with E-state index >= 15 is 0 Å². The Hall–Kier alpha value is -0.650. The van der Waals surface area contributed by atoms with Crippen LogP contribution >= 0.6 is 0 Å². The van der Waals surface area contributed by atoms with Gasteiger partial charge in [-0.25, -0.2) is 10.7 Å². The Morgan fingerprint density at radius 2 is 2.08 bits per heavy atom. The Kier molecular flexibility index (Phi) is 4.90. The van der Waals surface area contributed by atoms with Crippen molar-refractivity contribution in [2.24, 2.45) is 5.90 Å². The minimum absolute atomic E-state index is 0.0645. The molecular weight excluding hydrogens is 174 g/mol. The standard InChI is InChI=1S/C8H17NO4/c1-6(2)12-7(10)8(3,13-9)5-11-4/h6H,5,9H2,1-4H3/t8-/m1/s1. The summed E-state index contributed by atoms with van der Waals surface area (Å²) < 4.78 is 9.73. The number of rotatable bonds is 5. The maximum atomic E-state index is 11.4. The SMILES string of the molecule is COC[C@@](C)(ON)C(=O)OC(C)C. The van der Waals surface area contributed by atoms with Gasteiger partial charge in [0.2, 0.25) is 5.60 Å². The summed E-state index contributed by atoms with van der Waals surface area (Å²) in [4.78, 5) is 15.9. The molecular formula is C8H17NO4. The van der Waals surface area contributed by atoms with Gasteiger partial charge in [-0.15, -0.1) is 0 Å². The molecule has 0 aromatic carbocycles. The molecule has 5 heteroatoms. The summed E-state index contributed by atoms with van der Waals surface area (Å²) in [5.41, 5.74) is -1.22. The van der Waals surface area contributed by atoms with Crippen LogP contribution in [0, 0.1) is 0 Å². The lowest BCUT2D eigenvalue weighted by molar-refractivity contribution is -0.181. The van der Waals surface area contributed by atoms with E-state index in [0.717, 1.165) is 0 Å². The summed E-state index contributed by atoms with van der Waals surface area (Å²) in [5, 5.41) is 0. The average Bonchev–Trinajstić information content (AvgIpc) is 2.03. The smallest absolute Gasteiger partial charge is 0.342 e. The molecule has 0 aliphatic rings. The highest BCUT2D eigenvalue weighted by molar-refractivity contribution is 5.79. The molecule has 0 saturated carbocycles. The van der Waals surface area contributed by atoms with Gasteiger partial charge in [-0.3, -0.25) is 4.84 Å². The van der Waals surface area contributed by atoms with Crippen LogP contribution in [0.15, 0.2) is 0 Å². The third-order valence-electron chi connectivity index (χ3n) is 1.45. The second-order valence-corrected chi connectivity index (χ2v) is 3.24. The van der Waals surface area contributed by atoms with Gasteiger partial charge in [-0.05, 0) is 20.8 Å². The van der Waals surface area contributed by atoms with Crippen molar-refractivity contribution >= 4 is 5.97 Å². The van der Waals surface area contributed by atoms with Crippen molar-refractivity contribution in [3.63, 3.8) is 0 Å². The molecule has 0 unspecified atom stereocenters. The lowest BCUT2D eigenvalue weighted by Gasteiger charge is -2.24. The van der Waals surface area contributed by atoms with Gasteiger partial charge in [0.05, 0.1) is 12.7 Å². The second kappa shape index (κ2) is 5.16. The molecule has 0 rings (SSSR count). The van der Waals surface area contributed by atoms with Crippen LogP contribution in [0.4, 0.5) is 0 Å². The first kappa shape index (κ1) is 12.3. The topological polar surface area (TPSA) is 70.8 Å². The molecule has 0 bridgehead atoms. The molecule has 2 N–H and O–H groups in total. The Morgan fingerprint density at radius 3 is 2.38 bits per heavy atom. The minimum atomic E-state index is -1.22. The molecule has 0 aliphatic carbocycles. The quantitative estimate of drug-likeness (QED) is 0.497. The zero-order valence-electron chi connectivity index (χ0n) is 8.49. The van der Waals surface area contributed by atoms with Crippen LogP contribution in [-0.2, 0) is 19.1 Å². The first-order valence-corrected chi connectivity index (χ1v) is 4.04. The van der Waals surface area contributed by atoms with Crippen molar-refractivity contribution in [1.29, 1.82) is 0 Å². The predicted octanol–water partition coefficient (Wildman–Crippen LogP) is 0.233. The maximum absolute atomic E-state index is 11.4. The van der Waals surface area contributed by atoms with E-state index in [1.165, 1.54) is 14.0 Å². The highest BCUT2D eigenvalue weighted by atomic mass is 16.7. The minimum Gasteiger partial charge on any atom is -0.461 e. The van der Waals surface area contributed by atoms with E-state index in [-0.39, 0.29) is 12.7 Å². The normalized spacial score (nSPS) is 15.5. The van der Waals surface area contributed by atoms with Crippen LogP contribution < -0.4 is 5.90 Å². The molecule has 0 heterocycles. The summed E-state index contributed by atoms with van der Waals surface area (Å²) in [5.74, 6) is 4.47. The number of carbonyl (C=O) groups is 1. The number of hydrogen-bond donors (Lipinski definition) is 1. The molecule has 5 nitrogen and oxygen atoms in total. The van der Waals surface area contributed by atoms with Gasteiger partial charge in [-0.1, -0.05) is 0 Å². The van der Waals surface area contributed by atoms with Crippen LogP contribution in [0.25, 0.3) is 0 Å². The van der Waals surface area contributed by atoms with Crippen molar-refractivity contribution in [3.05, 3.63) is 0 Å². The van der Waals surface area contributed by atoms with E-state index < -0.39 is 11.6 Å². The summed E-state index contributed by atoms with van der Waals surface area (Å²) >= 11 is 0. The van der Waals surface area contributed by atoms with Gasteiger partial charge < -0.3 is 9.47 Å². The van der Waals surface area contributed by atoms with Gasteiger partial charge in [-0.2, -0.15) is 0 Å². The molecule has 0 saturated heterocycles. The Morgan fingerprint density at radius 1 is 1.54 bits per heavy atom. The van der Waals surface area contributed by atoms with E-state index in [4.69, 9.17) is 15.4 Å². The van der Waals surface area contributed by atoms with E-state index in [9.17, 15) is 4.79 Å². The first-order valence-electron chi connectivity index (χ1n) is 4.04. The van der Waals surface area contributed by atoms with Crippen molar-refractivity contribution in [1.82, 2.24) is 0 Å². The predicted molar refractivity (Wildman–Crippen MR) is 46.8 cm³/mol. The highest BCUT2D eigenvalue weighted by Crippen LogP contribution is 2.11. The summed E-state index contributed by atoms with van der Waals surface area (Å²) in [6.07, 6.45) is -0.196. The second-order valence-electron chi connectivity index (χ2n) is 3.24. The van der Waals surface area contributed by atoms with Gasteiger partial charge in [0.25, 0.3) is 0 Å². The number of carbonyl (C=O) groups excluding carboxylic acids is 1. The molecule has 78 valence electrons. The highest BCUT2D eigenvalue weighted by Gasteiger charge is 2.36. The Labute approximate surface area is 78.1 Å². The zero-order valence-corrected chi connectivity index (χ0v) is 8.49. The fourth-order valence-corrected chi connectivity index (χ4v) is 0.755. The molecule has 0 spiro atoms. The third-order valence-corrected chi connectivity index (χ3v) is 1.45. The van der Waals surface area contributed by atoms with Gasteiger partial charge in [0, 0.05) is 7.11 Å². The largest absolute Gasteiger partial charge is 0.461 e. The maximum Gasteiger partial charge on any atom is 0.342 e. The average molecular weight is 191 g/mol. The van der Waals surface area contributed by atoms with E-state index in [0.29, 0.717) is 0 Å². The number of esters is 1. The summed E-state index contributed by atoms with van der Waals surface area (Å²) in [7, 11) is 1.46. The molecule has 0 radical (unpaired) electrons. The molecule has 1 atom stereocenters. The van der Waals surface area contributed by atoms with Crippen molar-refractivity contribution < 1.29 is 19.1 Å². The number of nitrogens with two attached hydrogens (primary N) is 1. The lowest BCUT2D eigenvalue weighted by atomic mass is 10.1. The van der Waals surface area contributed by atoms with Gasteiger partial charge in [0.1, 0.15) is 0 Å². The van der Waals surface area contributed by atoms with Crippen molar-refractivity contribution in [2.45, 2.75) is 32.5 Å². The van der Waals surface area contributed by atoms with Gasteiger partial charge >= 0.3 is 5.97 Å². The molecule has 0 amide bonds. The summed E-state index contributed by atoms with van der Waals surface area (Å²) in [6, 6.07) is 0. The molecule has 0 aromatic heterocycles. The Bertz CT molecular complexity index is 172. The van der Waals surface area contributed by atoms with Crippen LogP contribution in [0.2, 0.25) is 0 Å². The monoisotopic (exact) mass is 191 g/mol. The van der Waals surface area contributed by atoms with Gasteiger partial charge in [0.15, 0.2) is 0 Å². The van der Waals surface area contributed by atoms with E-state index in [1.54, 1.807) is 13.8 Å². The molecule has 0 aliphatic heterocycles. The number of hydrogen-bond acceptors (Lipinski definition) is 5. The zero-order chi connectivity index (χ0) is 10.5. The number of ether oxygens (including phenoxy) is 2. The third kappa shape index (κ3) is 3.71. The summed E-state index contributed by atoms with van der Waals surface area (Å²) in [6.45, 7) is 5.08. The number of methoxy groups -OCH3 is 1. The van der Waals surface area contributed by atoms with Crippen molar-refractivity contribution in [2.75, 3.05) is 13.7 Å².